The third-order valence-electron chi connectivity index (χ3n) is 20.3. The zero-order chi connectivity index (χ0) is 94.4. The van der Waals surface area contributed by atoms with Crippen molar-refractivity contribution in [2.24, 2.45) is 11.5 Å². The Balaban J connectivity index is 0.000000409. The van der Waals surface area contributed by atoms with Gasteiger partial charge in [0.15, 0.2) is 46.5 Å². The third kappa shape index (κ3) is 37.0. The van der Waals surface area contributed by atoms with Crippen LogP contribution in [0, 0.1) is 46.5 Å². The number of nitrogens with one attached hydrogen (secondary N) is 4. The first kappa shape index (κ1) is 111. The summed E-state index contributed by atoms with van der Waals surface area (Å²) in [6.45, 7) is 27.6. The number of anilines is 5. The molecule has 4 aromatic heterocycles. The fraction of sp³-hybridized carbons (Fsp3) is 0.478. The molecule has 0 fully saturated rings. The van der Waals surface area contributed by atoms with Crippen molar-refractivity contribution in [3.05, 3.63) is 158 Å². The molecule has 0 unspecified atom stereocenters. The van der Waals surface area contributed by atoms with Gasteiger partial charge in [-0.2, -0.15) is 9.97 Å². The molecule has 35 heteroatoms. The van der Waals surface area contributed by atoms with E-state index in [-0.39, 0.29) is 96.1 Å². The first-order valence-corrected chi connectivity index (χ1v) is 43.0. The predicted molar refractivity (Wildman–Crippen MR) is 497 cm³/mol. The Labute approximate surface area is 760 Å². The van der Waals surface area contributed by atoms with Gasteiger partial charge < -0.3 is 76.6 Å². The number of benzene rings is 6. The number of Topliss-reactive ketones (excluding diaryl/α,β-unsaturated/α-hetero) is 4. The van der Waals surface area contributed by atoms with Crippen LogP contribution in [0.15, 0.2) is 84.9 Å². The number of nitrogens with two attached hydrogens (primary N) is 3. The molecule has 0 aliphatic carbocycles. The molecular weight excluding hydrogens is 1740 g/mol. The number of halogens is 12. The van der Waals surface area contributed by atoms with E-state index in [2.05, 4.69) is 88.8 Å². The second-order valence-electron chi connectivity index (χ2n) is 31.4. The van der Waals surface area contributed by atoms with E-state index in [9.17, 15) is 54.3 Å². The van der Waals surface area contributed by atoms with Crippen molar-refractivity contribution in [2.45, 2.75) is 261 Å². The van der Waals surface area contributed by atoms with E-state index in [0.29, 0.717) is 103 Å². The molecule has 4 atom stereocenters. The monoisotopic (exact) mass is 1860 g/mol. The summed E-state index contributed by atoms with van der Waals surface area (Å²) in [7, 11) is 6.39. The minimum Gasteiger partial charge on any atom is -0.497 e. The lowest BCUT2D eigenvalue weighted by molar-refractivity contribution is -0.118. The SMILES string of the molecule is CC.CCCC[C@@](C)(N)CCC(C)=O.CCCC[C@](C)(CCC(C)=O)Nc1nc(Cl)nc2cc(F)c(F)cc12.CCCC[C@](C)(CCC(C)=O)Nc1nc(N)nc2cc(F)c(F)cc12.CCCC[C@](C)(CCC(C)=O)Nc1nc(NCc2ccc(OC)cc2OC)nc2cc(F)c(F)cc12.COc1ccc(CN)c(OC)c1.Cl.Fc1cc2nc(Cl)nc(Cl)c2cc1F. The molecule has 0 saturated carbocycles. The van der Waals surface area contributed by atoms with E-state index in [0.717, 1.165) is 148 Å². The van der Waals surface area contributed by atoms with Crippen LogP contribution < -0.4 is 57.4 Å². The number of hydrogen-bond acceptors (Lipinski definition) is 23. The van der Waals surface area contributed by atoms with Gasteiger partial charge in [0.1, 0.15) is 68.7 Å². The smallest absolute Gasteiger partial charge is 0.225 e. The molecule has 10 rings (SSSR count). The van der Waals surface area contributed by atoms with E-state index in [1.807, 2.05) is 71.9 Å². The minimum atomic E-state index is -0.997. The van der Waals surface area contributed by atoms with Gasteiger partial charge in [-0.1, -0.05) is 111 Å². The van der Waals surface area contributed by atoms with E-state index in [1.54, 1.807) is 62.2 Å². The summed E-state index contributed by atoms with van der Waals surface area (Å²) in [5.41, 5.74) is 18.5. The van der Waals surface area contributed by atoms with E-state index in [4.69, 9.17) is 71.0 Å². The highest BCUT2D eigenvalue weighted by Gasteiger charge is 2.30. The fourth-order valence-corrected chi connectivity index (χ4v) is 13.4. The summed E-state index contributed by atoms with van der Waals surface area (Å²) in [6, 6.07) is 19.2. The summed E-state index contributed by atoms with van der Waals surface area (Å²) in [4.78, 5) is 77.8. The molecule has 0 radical (unpaired) electrons. The zero-order valence-electron chi connectivity index (χ0n) is 75.8. The Kier molecular flexibility index (Phi) is 47.7. The van der Waals surface area contributed by atoms with Crippen LogP contribution in [-0.2, 0) is 32.3 Å². The van der Waals surface area contributed by atoms with Gasteiger partial charge in [-0.25, -0.2) is 65.0 Å². The number of carbonyl (C=O) groups is 4. The quantitative estimate of drug-likeness (QED) is 0.0107. The Bertz CT molecular complexity index is 5120. The topological polar surface area (TPSA) is 334 Å². The number of aromatic nitrogens is 8. The molecule has 10 N–H and O–H groups in total. The van der Waals surface area contributed by atoms with Crippen molar-refractivity contribution < 1.29 is 73.2 Å². The molecule has 0 aliphatic rings. The molecule has 698 valence electrons. The summed E-state index contributed by atoms with van der Waals surface area (Å²) < 4.78 is 129. The zero-order valence-corrected chi connectivity index (χ0v) is 78.9. The highest BCUT2D eigenvalue weighted by Crippen LogP contribution is 2.37. The minimum absolute atomic E-state index is 0. The van der Waals surface area contributed by atoms with Crippen molar-refractivity contribution in [3.63, 3.8) is 0 Å². The summed E-state index contributed by atoms with van der Waals surface area (Å²) in [5.74, 6) is -3.18. The van der Waals surface area contributed by atoms with Crippen molar-refractivity contribution in [3.8, 4) is 23.0 Å². The standard InChI is InChI=1S/C27H34F2N4O3.C18H22ClF2N3O.C18H24F2N4O.C10H21NO.C9H13NO2.C8H2Cl2F2N2.C2H6.ClH/c1-6-7-11-27(3,12-10-17(2)34)33-25-20-14-21(28)22(29)15-23(20)31-26(32-25)30-16-18-8-9-19(35-4)13-24(18)36-5;1-4-5-7-18(3,8-6-11(2)25)24-16-12-9-13(20)14(21)10-15(12)22-17(19)23-16;1-4-5-7-18(3,8-6-11(2)25)24-16-12-9-13(19)14(20)10-15(12)22-17(21)23-16;1-4-5-7-10(3,11)8-6-9(2)12;1-11-8-4-3-7(6-10)9(5-8)12-2;9-7-3-1-4(11)5(12)2-6(3)13-8(10)14-7;1-2;/h8-9,13-15H,6-7,10-12,16H2,1-5H3,(H2,30,31,32,33);9-10H,4-8H2,1-3H3,(H,22,23,24);9-10H,4-8H2,1-3H3,(H3,21,22,23,24);4-8,11H2,1-3H3;3-5H,6,10H2,1-2H3;1-2H;1-2H3;1H/t27-;2*18-;10-;;;;/m1111..../s1. The molecule has 0 spiro atoms. The average Bonchev–Trinajstić information content (AvgIpc) is 0.788. The number of nitrogens with zero attached hydrogens (tertiary/aromatic N) is 8. The molecule has 0 saturated heterocycles. The highest BCUT2D eigenvalue weighted by atomic mass is 35.5. The highest BCUT2D eigenvalue weighted by molar-refractivity contribution is 6.35. The summed E-state index contributed by atoms with van der Waals surface area (Å²) in [5, 5.41) is 14.4. The number of methoxy groups -OCH3 is 4. The largest absolute Gasteiger partial charge is 0.497 e. The maximum Gasteiger partial charge on any atom is 0.225 e. The first-order valence-electron chi connectivity index (χ1n) is 41.9. The number of carbonyl (C=O) groups excluding carboxylic acids is 4. The summed E-state index contributed by atoms with van der Waals surface area (Å²) in [6.07, 6.45) is 16.1. The average molecular weight is 1860 g/mol. The van der Waals surface area contributed by atoms with Gasteiger partial charge in [-0.15, -0.1) is 12.4 Å². The van der Waals surface area contributed by atoms with E-state index < -0.39 is 63.2 Å². The van der Waals surface area contributed by atoms with Crippen molar-refractivity contribution in [2.75, 3.05) is 55.4 Å². The first-order chi connectivity index (χ1) is 59.5. The van der Waals surface area contributed by atoms with Crippen LogP contribution in [0.1, 0.15) is 236 Å². The van der Waals surface area contributed by atoms with Crippen LogP contribution in [0.5, 0.6) is 23.0 Å². The lowest BCUT2D eigenvalue weighted by atomic mass is 9.88. The number of hydrogen-bond donors (Lipinski definition) is 7. The van der Waals surface area contributed by atoms with Crippen LogP contribution in [0.25, 0.3) is 43.6 Å². The number of nitrogen functional groups attached to an aromatic ring is 1. The maximum absolute atomic E-state index is 14.2. The lowest BCUT2D eigenvalue weighted by Gasteiger charge is -2.32. The Hall–Kier alpha value is -9.92. The maximum atomic E-state index is 14.2. The number of ketones is 4. The van der Waals surface area contributed by atoms with Crippen molar-refractivity contribution in [1.29, 1.82) is 0 Å². The molecular formula is C92H123Cl4F8N15O8. The number of rotatable bonds is 38. The van der Waals surface area contributed by atoms with Gasteiger partial charge in [-0.05, 0) is 172 Å². The van der Waals surface area contributed by atoms with Crippen LogP contribution >= 0.6 is 47.2 Å². The number of unbranched alkanes of at least 4 members (excludes halogenated alkanes) is 4. The van der Waals surface area contributed by atoms with Gasteiger partial charge in [0, 0.05) is 130 Å². The van der Waals surface area contributed by atoms with Gasteiger partial charge >= 0.3 is 0 Å². The van der Waals surface area contributed by atoms with Crippen molar-refractivity contribution >= 4 is 143 Å². The van der Waals surface area contributed by atoms with Crippen LogP contribution in [0.3, 0.4) is 0 Å². The van der Waals surface area contributed by atoms with E-state index in [1.165, 1.54) is 6.42 Å². The van der Waals surface area contributed by atoms with E-state index >= 15 is 0 Å². The van der Waals surface area contributed by atoms with Gasteiger partial charge in [0.05, 0.1) is 50.5 Å². The van der Waals surface area contributed by atoms with Crippen LogP contribution in [-0.4, -0.2) is 114 Å². The molecule has 0 aliphatic heterocycles. The lowest BCUT2D eigenvalue weighted by Crippen LogP contribution is -2.36. The predicted octanol–water partition coefficient (Wildman–Crippen LogP) is 23.9. The van der Waals surface area contributed by atoms with Gasteiger partial charge in [-0.3, -0.25) is 0 Å². The Morgan fingerprint density at radius 1 is 0.402 bits per heavy atom. The van der Waals surface area contributed by atoms with Crippen LogP contribution in [0.4, 0.5) is 64.5 Å². The number of fused-ring (bicyclic) bond motifs is 4. The molecule has 0 amide bonds. The molecule has 0 bridgehead atoms. The molecule has 4 heterocycles. The molecule has 23 nitrogen and oxygen atoms in total. The third-order valence-corrected chi connectivity index (χ3v) is 20.9. The van der Waals surface area contributed by atoms with Gasteiger partial charge in [0.25, 0.3) is 0 Å². The Morgan fingerprint density at radius 2 is 0.724 bits per heavy atom. The van der Waals surface area contributed by atoms with Crippen molar-refractivity contribution in [1.82, 2.24) is 39.9 Å². The van der Waals surface area contributed by atoms with Gasteiger partial charge in [0.2, 0.25) is 22.5 Å². The summed E-state index contributed by atoms with van der Waals surface area (Å²) >= 11 is 17.1. The second-order valence-corrected chi connectivity index (χ2v) is 32.5. The number of ether oxygens (including phenoxy) is 4. The second kappa shape index (κ2) is 54.4. The fourth-order valence-electron chi connectivity index (χ4n) is 12.8. The Morgan fingerprint density at radius 3 is 1.10 bits per heavy atom. The normalized spacial score (nSPS) is 12.6. The molecule has 6 aromatic carbocycles. The van der Waals surface area contributed by atoms with Crippen LogP contribution in [0.2, 0.25) is 15.7 Å². The molecule has 10 aromatic rings. The molecule has 127 heavy (non-hydrogen) atoms.